The van der Waals surface area contributed by atoms with E-state index in [0.29, 0.717) is 35.5 Å². The highest BCUT2D eigenvalue weighted by Gasteiger charge is 2.21. The Kier molecular flexibility index (Phi) is 12.1. The van der Waals surface area contributed by atoms with Gasteiger partial charge in [-0.15, -0.1) is 0 Å². The molecular weight excluding hydrogens is 519 g/mol. The summed E-state index contributed by atoms with van der Waals surface area (Å²) in [4.78, 5) is 46.4. The molecule has 3 rings (SSSR count). The van der Waals surface area contributed by atoms with Crippen molar-refractivity contribution in [1.29, 1.82) is 0 Å². The van der Waals surface area contributed by atoms with E-state index in [9.17, 15) is 19.3 Å². The maximum atomic E-state index is 12.6. The van der Waals surface area contributed by atoms with Crippen LogP contribution in [-0.4, -0.2) is 77.8 Å². The summed E-state index contributed by atoms with van der Waals surface area (Å²) in [6.07, 6.45) is 5.49. The van der Waals surface area contributed by atoms with E-state index in [0.717, 1.165) is 26.1 Å². The maximum Gasteiger partial charge on any atom is 0.469 e. The molecule has 0 atom stereocenters. The van der Waals surface area contributed by atoms with E-state index < -0.39 is 14.4 Å². The van der Waals surface area contributed by atoms with E-state index in [1.54, 1.807) is 33.5 Å². The van der Waals surface area contributed by atoms with Gasteiger partial charge in [0.2, 0.25) is 0 Å². The molecule has 0 radical (unpaired) electrons. The van der Waals surface area contributed by atoms with Crippen molar-refractivity contribution >= 4 is 19.9 Å². The zero-order chi connectivity index (χ0) is 28.3. The number of aromatic nitrogens is 1. The number of aldehydes is 1. The van der Waals surface area contributed by atoms with Crippen LogP contribution in [0.2, 0.25) is 0 Å². The van der Waals surface area contributed by atoms with Gasteiger partial charge in [-0.3, -0.25) is 19.1 Å². The lowest BCUT2D eigenvalue weighted by molar-refractivity contribution is 0.0969. The number of pyridine rings is 1. The van der Waals surface area contributed by atoms with Crippen LogP contribution in [0.1, 0.15) is 57.7 Å². The Morgan fingerprint density at radius 2 is 1.71 bits per heavy atom. The molecule has 2 heterocycles. The molecule has 2 aromatic rings. The second-order valence-corrected chi connectivity index (χ2v) is 9.73. The first kappa shape index (κ1) is 31.2. The SMILES string of the molecule is COc1cc(OC)c(C(=O)CCCN2CCCC2)c(OC)c1.Cc1ncc(COP(=O)(O)O)c(C=O)c1O. The molecule has 1 aromatic carbocycles. The summed E-state index contributed by atoms with van der Waals surface area (Å²) in [6, 6.07) is 3.44. The number of phosphoric acid groups is 1. The Balaban J connectivity index is 0.000000281. The number of aromatic hydroxyl groups is 1. The number of methoxy groups -OCH3 is 3. The molecule has 1 aliphatic rings. The summed E-state index contributed by atoms with van der Waals surface area (Å²) in [5, 5.41) is 9.46. The Hall–Kier alpha value is -3.02. The van der Waals surface area contributed by atoms with Gasteiger partial charge < -0.3 is 34.0 Å². The van der Waals surface area contributed by atoms with Crippen molar-refractivity contribution in [2.45, 2.75) is 39.2 Å². The van der Waals surface area contributed by atoms with Gasteiger partial charge in [-0.1, -0.05) is 0 Å². The quantitative estimate of drug-likeness (QED) is 0.199. The number of nitrogens with zero attached hydrogens (tertiary/aromatic N) is 2. The normalized spacial score (nSPS) is 13.4. The van der Waals surface area contributed by atoms with Crippen LogP contribution in [0.3, 0.4) is 0 Å². The van der Waals surface area contributed by atoms with Crippen molar-refractivity contribution in [2.24, 2.45) is 0 Å². The van der Waals surface area contributed by atoms with E-state index >= 15 is 0 Å². The second kappa shape index (κ2) is 14.8. The fourth-order valence-electron chi connectivity index (χ4n) is 3.93. The molecule has 38 heavy (non-hydrogen) atoms. The lowest BCUT2D eigenvalue weighted by Crippen LogP contribution is -2.21. The number of hydrogen-bond acceptors (Lipinski definition) is 10. The molecule has 0 amide bonds. The molecule has 1 aromatic heterocycles. The number of hydrogen-bond donors (Lipinski definition) is 3. The van der Waals surface area contributed by atoms with E-state index in [-0.39, 0.29) is 28.4 Å². The number of ether oxygens (including phenoxy) is 3. The number of aryl methyl sites for hydroxylation is 1. The molecular formula is C25H35N2O10P. The molecule has 1 aliphatic heterocycles. The smallest absolute Gasteiger partial charge is 0.469 e. The number of carbonyl (C=O) groups is 2. The van der Waals surface area contributed by atoms with Crippen molar-refractivity contribution in [3.05, 3.63) is 40.7 Å². The first-order valence-electron chi connectivity index (χ1n) is 11.9. The molecule has 0 bridgehead atoms. The summed E-state index contributed by atoms with van der Waals surface area (Å²) in [5.74, 6) is 1.35. The molecule has 3 N–H and O–H groups in total. The number of benzene rings is 1. The lowest BCUT2D eigenvalue weighted by Gasteiger charge is -2.16. The Morgan fingerprint density at radius 3 is 2.21 bits per heavy atom. The minimum atomic E-state index is -4.61. The number of carbonyl (C=O) groups excluding carboxylic acids is 2. The number of likely N-dealkylation sites (tertiary alicyclic amines) is 1. The number of rotatable bonds is 12. The minimum absolute atomic E-state index is 0.0514. The summed E-state index contributed by atoms with van der Waals surface area (Å²) in [5.41, 5.74) is 0.789. The maximum absolute atomic E-state index is 12.6. The predicted molar refractivity (Wildman–Crippen MR) is 138 cm³/mol. The average Bonchev–Trinajstić information content (AvgIpc) is 3.41. The van der Waals surface area contributed by atoms with Crippen LogP contribution in [0.15, 0.2) is 18.3 Å². The highest BCUT2D eigenvalue weighted by molar-refractivity contribution is 7.46. The molecule has 0 unspecified atom stereocenters. The van der Waals surface area contributed by atoms with Crippen molar-refractivity contribution in [1.82, 2.24) is 9.88 Å². The van der Waals surface area contributed by atoms with Gasteiger partial charge in [0.25, 0.3) is 0 Å². The van der Waals surface area contributed by atoms with Crippen LogP contribution in [0.25, 0.3) is 0 Å². The van der Waals surface area contributed by atoms with Crippen LogP contribution < -0.4 is 14.2 Å². The molecule has 12 nitrogen and oxygen atoms in total. The van der Waals surface area contributed by atoms with Crippen LogP contribution in [-0.2, 0) is 15.7 Å². The van der Waals surface area contributed by atoms with Crippen LogP contribution >= 0.6 is 7.82 Å². The zero-order valence-corrected chi connectivity index (χ0v) is 22.9. The summed E-state index contributed by atoms with van der Waals surface area (Å²) < 4.78 is 30.6. The van der Waals surface area contributed by atoms with Gasteiger partial charge in [-0.2, -0.15) is 0 Å². The van der Waals surface area contributed by atoms with E-state index in [4.69, 9.17) is 24.0 Å². The monoisotopic (exact) mass is 554 g/mol. The number of Topliss-reactive ketones (excluding diaryl/α,β-unsaturated/α-hetero) is 1. The lowest BCUT2D eigenvalue weighted by atomic mass is 10.0. The zero-order valence-electron chi connectivity index (χ0n) is 22.0. The van der Waals surface area contributed by atoms with Gasteiger partial charge in [0.05, 0.1) is 39.2 Å². The third-order valence-corrected chi connectivity index (χ3v) is 6.40. The molecule has 13 heteroatoms. The summed E-state index contributed by atoms with van der Waals surface area (Å²) in [7, 11) is 0.0630. The second-order valence-electron chi connectivity index (χ2n) is 8.50. The standard InChI is InChI=1S/C17H25NO4.C8H10NO6P/c1-20-13-11-15(21-2)17(16(12-13)22-3)14(19)7-6-10-18-8-4-5-9-18;1-5-8(11)7(3-10)6(2-9-5)4-15-16(12,13)14/h11-12H,4-10H2,1-3H3;2-3,11H,4H2,1H3,(H2,12,13,14). The number of ketones is 1. The molecule has 0 aliphatic carbocycles. The highest BCUT2D eigenvalue weighted by Crippen LogP contribution is 2.38. The first-order chi connectivity index (χ1) is 18.0. The van der Waals surface area contributed by atoms with Crippen molar-refractivity contribution in [3.8, 4) is 23.0 Å². The molecule has 210 valence electrons. The fourth-order valence-corrected chi connectivity index (χ4v) is 4.23. The van der Waals surface area contributed by atoms with Gasteiger partial charge in [-0.05, 0) is 45.8 Å². The van der Waals surface area contributed by atoms with Crippen molar-refractivity contribution in [3.63, 3.8) is 0 Å². The van der Waals surface area contributed by atoms with E-state index in [2.05, 4.69) is 14.4 Å². The first-order valence-corrected chi connectivity index (χ1v) is 13.5. The summed E-state index contributed by atoms with van der Waals surface area (Å²) in [6.45, 7) is 4.29. The van der Waals surface area contributed by atoms with Gasteiger partial charge in [0, 0.05) is 30.3 Å². The van der Waals surface area contributed by atoms with E-state index in [1.807, 2.05) is 0 Å². The van der Waals surface area contributed by atoms with Crippen LogP contribution in [0.4, 0.5) is 0 Å². The third-order valence-electron chi connectivity index (χ3n) is 5.93. The van der Waals surface area contributed by atoms with Crippen LogP contribution in [0, 0.1) is 6.92 Å². The average molecular weight is 555 g/mol. The van der Waals surface area contributed by atoms with Gasteiger partial charge in [-0.25, -0.2) is 4.57 Å². The Bertz CT molecular complexity index is 1120. The third kappa shape index (κ3) is 9.07. The Morgan fingerprint density at radius 1 is 1.11 bits per heavy atom. The Labute approximate surface area is 221 Å². The van der Waals surface area contributed by atoms with Crippen molar-refractivity contribution in [2.75, 3.05) is 41.0 Å². The molecule has 1 saturated heterocycles. The highest BCUT2D eigenvalue weighted by atomic mass is 31.2. The minimum Gasteiger partial charge on any atom is -0.505 e. The summed E-state index contributed by atoms with van der Waals surface area (Å²) >= 11 is 0. The van der Waals surface area contributed by atoms with Crippen molar-refractivity contribution < 1.29 is 47.8 Å². The largest absolute Gasteiger partial charge is 0.505 e. The van der Waals surface area contributed by atoms with Gasteiger partial charge >= 0.3 is 7.82 Å². The van der Waals surface area contributed by atoms with Gasteiger partial charge in [0.1, 0.15) is 28.6 Å². The molecule has 0 saturated carbocycles. The predicted octanol–water partition coefficient (Wildman–Crippen LogP) is 3.29. The number of phosphoric ester groups is 1. The molecule has 0 spiro atoms. The van der Waals surface area contributed by atoms with E-state index in [1.165, 1.54) is 26.0 Å². The van der Waals surface area contributed by atoms with Gasteiger partial charge in [0.15, 0.2) is 12.1 Å². The fraction of sp³-hybridized carbons (Fsp3) is 0.480. The van der Waals surface area contributed by atoms with Crippen LogP contribution in [0.5, 0.6) is 23.0 Å². The topological polar surface area (TPSA) is 165 Å². The molecule has 1 fully saturated rings.